The molecule has 0 aromatic carbocycles. The average Bonchev–Trinajstić information content (AvgIpc) is 2.93. The predicted molar refractivity (Wildman–Crippen MR) is 83.5 cm³/mol. The average molecular weight is 377 g/mol. The first-order valence-electron chi connectivity index (χ1n) is 5.65. The summed E-state index contributed by atoms with van der Waals surface area (Å²) >= 11 is 6.24. The highest BCUT2D eigenvalue weighted by molar-refractivity contribution is 9.11. The van der Waals surface area contributed by atoms with Crippen molar-refractivity contribution in [2.24, 2.45) is 7.05 Å². The summed E-state index contributed by atoms with van der Waals surface area (Å²) in [5, 5.41) is 19.5. The molecule has 108 valence electrons. The zero-order valence-corrected chi connectivity index (χ0v) is 14.1. The Labute approximate surface area is 132 Å². The number of carbonyl (C=O) groups is 1. The quantitative estimate of drug-likeness (QED) is 0.780. The van der Waals surface area contributed by atoms with Crippen LogP contribution in [0.4, 0.5) is 5.95 Å². The lowest BCUT2D eigenvalue weighted by Gasteiger charge is -2.16. The molecule has 0 spiro atoms. The van der Waals surface area contributed by atoms with E-state index in [1.165, 1.54) is 5.56 Å². The van der Waals surface area contributed by atoms with Gasteiger partial charge in [-0.25, -0.2) is 0 Å². The van der Waals surface area contributed by atoms with Crippen LogP contribution in [-0.2, 0) is 18.4 Å². The van der Waals surface area contributed by atoms with Gasteiger partial charge in [0.05, 0.1) is 9.54 Å². The van der Waals surface area contributed by atoms with Crippen molar-refractivity contribution < 1.29 is 9.90 Å². The largest absolute Gasteiger partial charge is 0.481 e. The highest BCUT2D eigenvalue weighted by Gasteiger charge is 2.14. The van der Waals surface area contributed by atoms with E-state index in [0.717, 1.165) is 22.1 Å². The summed E-state index contributed by atoms with van der Waals surface area (Å²) in [7, 11) is 3.76. The van der Waals surface area contributed by atoms with Gasteiger partial charge in [-0.2, -0.15) is 0 Å². The number of thiophene rings is 1. The second-order valence-corrected chi connectivity index (χ2v) is 7.37. The summed E-state index contributed by atoms with van der Waals surface area (Å²) in [6, 6.07) is 2.07. The molecule has 0 saturated heterocycles. The fourth-order valence-corrected chi connectivity index (χ4v) is 3.49. The van der Waals surface area contributed by atoms with Crippen LogP contribution in [0.25, 0.3) is 0 Å². The van der Waals surface area contributed by atoms with Crippen molar-refractivity contribution >= 4 is 50.9 Å². The topological polar surface area (TPSA) is 71.2 Å². The Balaban J connectivity index is 2.06. The van der Waals surface area contributed by atoms with Crippen LogP contribution in [0, 0.1) is 0 Å². The molecule has 0 unspecified atom stereocenters. The van der Waals surface area contributed by atoms with Crippen LogP contribution in [0.1, 0.15) is 5.56 Å². The zero-order valence-electron chi connectivity index (χ0n) is 10.9. The third kappa shape index (κ3) is 3.74. The van der Waals surface area contributed by atoms with E-state index in [9.17, 15) is 4.79 Å². The van der Waals surface area contributed by atoms with E-state index in [1.54, 1.807) is 15.9 Å². The third-order valence-electron chi connectivity index (χ3n) is 2.52. The Morgan fingerprint density at radius 3 is 2.95 bits per heavy atom. The van der Waals surface area contributed by atoms with E-state index in [1.807, 2.05) is 19.0 Å². The summed E-state index contributed by atoms with van der Waals surface area (Å²) in [6.45, 7) is 0.720. The summed E-state index contributed by atoms with van der Waals surface area (Å²) < 4.78 is 2.89. The van der Waals surface area contributed by atoms with Crippen LogP contribution in [0.3, 0.4) is 0 Å². The van der Waals surface area contributed by atoms with Crippen molar-refractivity contribution in [3.05, 3.63) is 20.8 Å². The van der Waals surface area contributed by atoms with Crippen molar-refractivity contribution in [1.82, 2.24) is 14.8 Å². The maximum atomic E-state index is 10.6. The minimum Gasteiger partial charge on any atom is -0.481 e. The molecule has 2 heterocycles. The van der Waals surface area contributed by atoms with Crippen molar-refractivity contribution in [2.75, 3.05) is 17.7 Å². The van der Waals surface area contributed by atoms with Crippen LogP contribution in [0.5, 0.6) is 0 Å². The molecule has 2 aromatic rings. The molecule has 20 heavy (non-hydrogen) atoms. The molecule has 0 aliphatic rings. The molecule has 0 aliphatic heterocycles. The van der Waals surface area contributed by atoms with Crippen molar-refractivity contribution in [3.63, 3.8) is 0 Å². The van der Waals surface area contributed by atoms with Crippen LogP contribution in [0.2, 0.25) is 0 Å². The molecule has 0 fully saturated rings. The second-order valence-electron chi connectivity index (χ2n) is 4.14. The molecule has 1 N–H and O–H groups in total. The van der Waals surface area contributed by atoms with E-state index < -0.39 is 5.97 Å². The standard InChI is InChI=1S/C11H13BrN4O2S2/c1-15(4-7-3-8(12)19-5-7)10-13-14-11(16(10)2)20-6-9(17)18/h3,5H,4,6H2,1-2H3,(H,17,18). The van der Waals surface area contributed by atoms with Gasteiger partial charge in [0.25, 0.3) is 0 Å². The maximum absolute atomic E-state index is 10.6. The number of rotatable bonds is 6. The van der Waals surface area contributed by atoms with Gasteiger partial charge in [0.15, 0.2) is 5.16 Å². The van der Waals surface area contributed by atoms with Crippen LogP contribution < -0.4 is 4.90 Å². The molecule has 6 nitrogen and oxygen atoms in total. The zero-order chi connectivity index (χ0) is 14.7. The highest BCUT2D eigenvalue weighted by atomic mass is 79.9. The van der Waals surface area contributed by atoms with E-state index in [0.29, 0.717) is 11.1 Å². The first-order valence-corrected chi connectivity index (χ1v) is 8.31. The first kappa shape index (κ1) is 15.3. The molecule has 0 radical (unpaired) electrons. The number of carboxylic acid groups (broad SMARTS) is 1. The lowest BCUT2D eigenvalue weighted by Crippen LogP contribution is -2.19. The minimum atomic E-state index is -0.865. The third-order valence-corrected chi connectivity index (χ3v) is 5.08. The molecule has 0 aliphatic carbocycles. The Bertz CT molecular complexity index is 613. The Hall–Kier alpha value is -1.06. The van der Waals surface area contributed by atoms with E-state index in [2.05, 4.69) is 37.6 Å². The number of nitrogens with zero attached hydrogens (tertiary/aromatic N) is 4. The summed E-state index contributed by atoms with van der Waals surface area (Å²) in [6.07, 6.45) is 0. The summed E-state index contributed by atoms with van der Waals surface area (Å²) in [5.41, 5.74) is 1.19. The Morgan fingerprint density at radius 2 is 2.35 bits per heavy atom. The number of hydrogen-bond donors (Lipinski definition) is 1. The van der Waals surface area contributed by atoms with Gasteiger partial charge in [0.2, 0.25) is 5.95 Å². The Kier molecular flexibility index (Phi) is 5.06. The number of hydrogen-bond acceptors (Lipinski definition) is 6. The molecule has 0 amide bonds. The van der Waals surface area contributed by atoms with Gasteiger partial charge in [-0.3, -0.25) is 9.36 Å². The number of anilines is 1. The van der Waals surface area contributed by atoms with Gasteiger partial charge in [-0.15, -0.1) is 21.5 Å². The molecule has 0 bridgehead atoms. The fourth-order valence-electron chi connectivity index (χ4n) is 1.66. The second kappa shape index (κ2) is 6.59. The van der Waals surface area contributed by atoms with Crippen molar-refractivity contribution in [3.8, 4) is 0 Å². The number of thioether (sulfide) groups is 1. The predicted octanol–water partition coefficient (Wildman–Crippen LogP) is 2.45. The van der Waals surface area contributed by atoms with Gasteiger partial charge < -0.3 is 10.0 Å². The van der Waals surface area contributed by atoms with Crippen molar-refractivity contribution in [1.29, 1.82) is 0 Å². The Morgan fingerprint density at radius 1 is 1.60 bits per heavy atom. The molecule has 0 atom stereocenters. The fraction of sp³-hybridized carbons (Fsp3) is 0.364. The monoisotopic (exact) mass is 376 g/mol. The normalized spacial score (nSPS) is 10.8. The van der Waals surface area contributed by atoms with E-state index in [-0.39, 0.29) is 5.75 Å². The lowest BCUT2D eigenvalue weighted by atomic mass is 10.3. The van der Waals surface area contributed by atoms with Gasteiger partial charge in [-0.05, 0) is 32.9 Å². The number of aliphatic carboxylic acids is 1. The molecule has 2 aromatic heterocycles. The summed E-state index contributed by atoms with van der Waals surface area (Å²) in [5.74, 6) is -0.177. The van der Waals surface area contributed by atoms with Gasteiger partial charge >= 0.3 is 5.97 Å². The smallest absolute Gasteiger partial charge is 0.313 e. The maximum Gasteiger partial charge on any atom is 0.313 e. The molecular formula is C11H13BrN4O2S2. The molecular weight excluding hydrogens is 364 g/mol. The first-order chi connectivity index (χ1) is 9.47. The number of halogens is 1. The van der Waals surface area contributed by atoms with Crippen LogP contribution in [0.15, 0.2) is 20.4 Å². The minimum absolute atomic E-state index is 0.0207. The number of carboxylic acids is 1. The SMILES string of the molecule is CN(Cc1csc(Br)c1)c1nnc(SCC(=O)O)n1C. The molecule has 0 saturated carbocycles. The van der Waals surface area contributed by atoms with Gasteiger partial charge in [-0.1, -0.05) is 11.8 Å². The summed E-state index contributed by atoms with van der Waals surface area (Å²) in [4.78, 5) is 12.6. The van der Waals surface area contributed by atoms with Gasteiger partial charge in [0, 0.05) is 20.6 Å². The highest BCUT2D eigenvalue weighted by Crippen LogP contribution is 2.24. The van der Waals surface area contributed by atoms with Crippen molar-refractivity contribution in [2.45, 2.75) is 11.7 Å². The molecule has 9 heteroatoms. The molecule has 2 rings (SSSR count). The van der Waals surface area contributed by atoms with Crippen LogP contribution in [-0.4, -0.2) is 38.6 Å². The van der Waals surface area contributed by atoms with E-state index in [4.69, 9.17) is 5.11 Å². The van der Waals surface area contributed by atoms with E-state index >= 15 is 0 Å². The van der Waals surface area contributed by atoms with Gasteiger partial charge in [0.1, 0.15) is 0 Å². The lowest BCUT2D eigenvalue weighted by molar-refractivity contribution is -0.133. The van der Waals surface area contributed by atoms with Crippen LogP contribution >= 0.6 is 39.0 Å². The number of aromatic nitrogens is 3.